The molecular weight excluding hydrogens is 275 g/mol. The highest BCUT2D eigenvalue weighted by Crippen LogP contribution is 2.30. The summed E-state index contributed by atoms with van der Waals surface area (Å²) in [7, 11) is 1.59. The van der Waals surface area contributed by atoms with Crippen molar-refractivity contribution in [2.45, 2.75) is 24.9 Å². The van der Waals surface area contributed by atoms with E-state index in [9.17, 15) is 13.2 Å². The van der Waals surface area contributed by atoms with Gasteiger partial charge in [-0.1, -0.05) is 25.1 Å². The van der Waals surface area contributed by atoms with Crippen LogP contribution in [-0.4, -0.2) is 24.9 Å². The van der Waals surface area contributed by atoms with Crippen LogP contribution in [0.2, 0.25) is 0 Å². The summed E-state index contributed by atoms with van der Waals surface area (Å²) in [6, 6.07) is 7.55. The number of nitrogens with one attached hydrogen (secondary N) is 1. The van der Waals surface area contributed by atoms with Gasteiger partial charge in [-0.05, 0) is 24.2 Å². The molecule has 6 heteroatoms. The van der Waals surface area contributed by atoms with E-state index < -0.39 is 5.51 Å². The minimum Gasteiger partial charge on any atom is -0.496 e. The summed E-state index contributed by atoms with van der Waals surface area (Å²) in [6.07, 6.45) is 0.789. The average Bonchev–Trinajstić information content (AvgIpc) is 2.38. The maximum absolute atomic E-state index is 12.0. The van der Waals surface area contributed by atoms with Crippen LogP contribution in [0.25, 0.3) is 0 Å². The highest BCUT2D eigenvalue weighted by molar-refractivity contribution is 8.00. The van der Waals surface area contributed by atoms with Crippen molar-refractivity contribution in [1.82, 2.24) is 5.32 Å². The third kappa shape index (κ3) is 5.74. The first-order valence-corrected chi connectivity index (χ1v) is 7.03. The van der Waals surface area contributed by atoms with Gasteiger partial charge in [0.25, 0.3) is 0 Å². The molecule has 0 saturated carbocycles. The second-order valence-corrected chi connectivity index (χ2v) is 5.11. The van der Waals surface area contributed by atoms with Gasteiger partial charge in [0.15, 0.2) is 0 Å². The Morgan fingerprint density at radius 1 is 1.32 bits per heavy atom. The molecule has 108 valence electrons. The SMILES string of the molecule is CCC(NCCSC(F)(F)F)c1ccccc1OC. The summed E-state index contributed by atoms with van der Waals surface area (Å²) in [4.78, 5) is 0. The molecule has 0 fully saturated rings. The van der Waals surface area contributed by atoms with Crippen molar-refractivity contribution in [2.75, 3.05) is 19.4 Å². The van der Waals surface area contributed by atoms with Crippen LogP contribution in [0.3, 0.4) is 0 Å². The highest BCUT2D eigenvalue weighted by atomic mass is 32.2. The van der Waals surface area contributed by atoms with Crippen molar-refractivity contribution >= 4 is 11.8 Å². The molecular formula is C13H18F3NOS. The molecule has 1 aromatic rings. The van der Waals surface area contributed by atoms with E-state index >= 15 is 0 Å². The van der Waals surface area contributed by atoms with Crippen LogP contribution in [0.15, 0.2) is 24.3 Å². The number of hydrogen-bond acceptors (Lipinski definition) is 3. The van der Waals surface area contributed by atoms with Crippen LogP contribution >= 0.6 is 11.8 Å². The van der Waals surface area contributed by atoms with E-state index in [1.165, 1.54) is 0 Å². The van der Waals surface area contributed by atoms with Gasteiger partial charge in [0.1, 0.15) is 5.75 Å². The number of methoxy groups -OCH3 is 1. The van der Waals surface area contributed by atoms with Gasteiger partial charge in [-0.3, -0.25) is 0 Å². The summed E-state index contributed by atoms with van der Waals surface area (Å²) in [5.74, 6) is 0.764. The van der Waals surface area contributed by atoms with Crippen LogP contribution < -0.4 is 10.1 Å². The number of thioether (sulfide) groups is 1. The number of ether oxygens (including phenoxy) is 1. The van der Waals surface area contributed by atoms with E-state index in [2.05, 4.69) is 5.32 Å². The van der Waals surface area contributed by atoms with Gasteiger partial charge in [-0.2, -0.15) is 13.2 Å². The Hall–Kier alpha value is -0.880. The Labute approximate surface area is 115 Å². The van der Waals surface area contributed by atoms with Crippen molar-refractivity contribution in [3.05, 3.63) is 29.8 Å². The van der Waals surface area contributed by atoms with Gasteiger partial charge in [-0.25, -0.2) is 0 Å². The summed E-state index contributed by atoms with van der Waals surface area (Å²) in [5, 5.41) is 3.13. The average molecular weight is 293 g/mol. The van der Waals surface area contributed by atoms with E-state index in [4.69, 9.17) is 4.74 Å². The van der Waals surface area contributed by atoms with Crippen LogP contribution in [-0.2, 0) is 0 Å². The molecule has 0 radical (unpaired) electrons. The molecule has 1 atom stereocenters. The molecule has 1 N–H and O–H groups in total. The standard InChI is InChI=1S/C13H18F3NOS/c1-3-11(17-8-9-19-13(14,15)16)10-6-4-5-7-12(10)18-2/h4-7,11,17H,3,8-9H2,1-2H3. The second kappa shape index (κ2) is 7.65. The number of rotatable bonds is 7. The molecule has 1 rings (SSSR count). The van der Waals surface area contributed by atoms with E-state index in [1.54, 1.807) is 7.11 Å². The zero-order valence-corrected chi connectivity index (χ0v) is 11.8. The van der Waals surface area contributed by atoms with E-state index in [1.807, 2.05) is 31.2 Å². The molecule has 0 saturated heterocycles. The Morgan fingerprint density at radius 2 is 2.00 bits per heavy atom. The molecule has 0 spiro atoms. The molecule has 0 heterocycles. The van der Waals surface area contributed by atoms with Crippen molar-refractivity contribution in [3.63, 3.8) is 0 Å². The summed E-state index contributed by atoms with van der Waals surface area (Å²) < 4.78 is 41.3. The molecule has 1 aromatic carbocycles. The lowest BCUT2D eigenvalue weighted by atomic mass is 10.0. The molecule has 0 aliphatic heterocycles. The third-order valence-electron chi connectivity index (χ3n) is 2.68. The van der Waals surface area contributed by atoms with Crippen LogP contribution in [0.4, 0.5) is 13.2 Å². The lowest BCUT2D eigenvalue weighted by Gasteiger charge is -2.20. The Kier molecular flexibility index (Phi) is 6.51. The number of hydrogen-bond donors (Lipinski definition) is 1. The first kappa shape index (κ1) is 16.2. The van der Waals surface area contributed by atoms with Gasteiger partial charge >= 0.3 is 5.51 Å². The number of alkyl halides is 3. The molecule has 0 aliphatic rings. The van der Waals surface area contributed by atoms with Gasteiger partial charge in [0, 0.05) is 23.9 Å². The van der Waals surface area contributed by atoms with E-state index in [0.717, 1.165) is 17.7 Å². The Bertz CT molecular complexity index is 384. The fraction of sp³-hybridized carbons (Fsp3) is 0.538. The van der Waals surface area contributed by atoms with Gasteiger partial charge in [0.2, 0.25) is 0 Å². The van der Waals surface area contributed by atoms with Gasteiger partial charge in [-0.15, -0.1) is 0 Å². The molecule has 1 unspecified atom stereocenters. The molecule has 0 aromatic heterocycles. The smallest absolute Gasteiger partial charge is 0.441 e. The quantitative estimate of drug-likeness (QED) is 0.768. The second-order valence-electron chi connectivity index (χ2n) is 3.95. The van der Waals surface area contributed by atoms with E-state index in [0.29, 0.717) is 6.54 Å². The number of para-hydroxylation sites is 1. The molecule has 0 aliphatic carbocycles. The number of halogens is 3. The lowest BCUT2D eigenvalue weighted by molar-refractivity contribution is -0.0327. The number of benzene rings is 1. The fourth-order valence-electron chi connectivity index (χ4n) is 1.83. The minimum atomic E-state index is -4.16. The zero-order valence-electron chi connectivity index (χ0n) is 11.0. The first-order valence-electron chi connectivity index (χ1n) is 6.05. The normalized spacial score (nSPS) is 13.3. The molecule has 0 bridgehead atoms. The van der Waals surface area contributed by atoms with Crippen LogP contribution in [0, 0.1) is 0 Å². The molecule has 2 nitrogen and oxygen atoms in total. The minimum absolute atomic E-state index is 0.00256. The van der Waals surface area contributed by atoms with Crippen LogP contribution in [0.1, 0.15) is 24.9 Å². The topological polar surface area (TPSA) is 21.3 Å². The monoisotopic (exact) mass is 293 g/mol. The van der Waals surface area contributed by atoms with Crippen molar-refractivity contribution in [1.29, 1.82) is 0 Å². The first-order chi connectivity index (χ1) is 8.98. The summed E-state index contributed by atoms with van der Waals surface area (Å²) in [6.45, 7) is 2.29. The summed E-state index contributed by atoms with van der Waals surface area (Å²) in [5.41, 5.74) is -3.18. The lowest BCUT2D eigenvalue weighted by Crippen LogP contribution is -2.24. The molecule has 19 heavy (non-hydrogen) atoms. The molecule has 0 amide bonds. The maximum atomic E-state index is 12.0. The van der Waals surface area contributed by atoms with E-state index in [-0.39, 0.29) is 23.6 Å². The third-order valence-corrected chi connectivity index (χ3v) is 3.42. The van der Waals surface area contributed by atoms with Crippen molar-refractivity contribution < 1.29 is 17.9 Å². The highest BCUT2D eigenvalue weighted by Gasteiger charge is 2.27. The largest absolute Gasteiger partial charge is 0.496 e. The Morgan fingerprint density at radius 3 is 2.58 bits per heavy atom. The van der Waals surface area contributed by atoms with Crippen LogP contribution in [0.5, 0.6) is 5.75 Å². The van der Waals surface area contributed by atoms with Gasteiger partial charge < -0.3 is 10.1 Å². The van der Waals surface area contributed by atoms with Crippen molar-refractivity contribution in [2.24, 2.45) is 0 Å². The zero-order chi connectivity index (χ0) is 14.3. The van der Waals surface area contributed by atoms with Crippen molar-refractivity contribution in [3.8, 4) is 5.75 Å². The predicted molar refractivity (Wildman–Crippen MR) is 72.5 cm³/mol. The maximum Gasteiger partial charge on any atom is 0.441 e. The fourth-order valence-corrected chi connectivity index (χ4v) is 2.28. The predicted octanol–water partition coefficient (Wildman–Crippen LogP) is 3.99. The summed E-state index contributed by atoms with van der Waals surface area (Å²) >= 11 is -0.00256. The van der Waals surface area contributed by atoms with Gasteiger partial charge in [0.05, 0.1) is 7.11 Å². The Balaban J connectivity index is 2.54.